The van der Waals surface area contributed by atoms with Crippen molar-refractivity contribution in [2.45, 2.75) is 24.3 Å². The molecule has 0 bridgehead atoms. The van der Waals surface area contributed by atoms with E-state index in [0.717, 1.165) is 46.7 Å². The summed E-state index contributed by atoms with van der Waals surface area (Å²) in [6, 6.07) is 16.6. The molecule has 3 aromatic rings. The number of nitriles is 1. The molecule has 0 fully saturated rings. The molecule has 1 N–H and O–H groups in total. The van der Waals surface area contributed by atoms with Gasteiger partial charge in [0.15, 0.2) is 11.5 Å². The summed E-state index contributed by atoms with van der Waals surface area (Å²) in [5.41, 5.74) is 5.59. The molecule has 0 aliphatic carbocycles. The summed E-state index contributed by atoms with van der Waals surface area (Å²) in [5, 5.41) is 18.6. The number of nitrogens with one attached hydrogen (secondary N) is 1. The van der Waals surface area contributed by atoms with Crippen LogP contribution in [-0.2, 0) is 13.0 Å². The normalized spacial score (nSPS) is 14.3. The van der Waals surface area contributed by atoms with Gasteiger partial charge in [-0.25, -0.2) is 0 Å². The summed E-state index contributed by atoms with van der Waals surface area (Å²) in [6.45, 7) is 1.97. The molecule has 3 heterocycles. The smallest absolute Gasteiger partial charge is 0.161 e. The van der Waals surface area contributed by atoms with Crippen molar-refractivity contribution in [3.63, 3.8) is 0 Å². The molecule has 150 valence electrons. The maximum Gasteiger partial charge on any atom is 0.161 e. The molecule has 5 nitrogen and oxygen atoms in total. The van der Waals surface area contributed by atoms with E-state index in [1.165, 1.54) is 10.5 Å². The number of benzene rings is 2. The van der Waals surface area contributed by atoms with Gasteiger partial charge < -0.3 is 14.0 Å². The summed E-state index contributed by atoms with van der Waals surface area (Å²) < 4.78 is 13.7. The summed E-state index contributed by atoms with van der Waals surface area (Å²) in [6.07, 6.45) is 3.70. The van der Waals surface area contributed by atoms with Gasteiger partial charge in [-0.3, -0.25) is 5.41 Å². The number of ether oxygens (including phenoxy) is 2. The van der Waals surface area contributed by atoms with Gasteiger partial charge in [0, 0.05) is 29.0 Å². The Bertz CT molecular complexity index is 1240. The summed E-state index contributed by atoms with van der Waals surface area (Å²) >= 11 is 1.68. The van der Waals surface area contributed by atoms with Gasteiger partial charge >= 0.3 is 0 Å². The number of thioether (sulfide) groups is 1. The molecule has 5 rings (SSSR count). The third-order valence-corrected chi connectivity index (χ3v) is 6.46. The molecule has 0 saturated carbocycles. The minimum atomic E-state index is 0.261. The second-order valence-corrected chi connectivity index (χ2v) is 8.30. The van der Waals surface area contributed by atoms with Crippen LogP contribution in [-0.4, -0.2) is 24.0 Å². The van der Waals surface area contributed by atoms with Crippen molar-refractivity contribution in [2.75, 3.05) is 19.5 Å². The Kier molecular flexibility index (Phi) is 4.76. The predicted molar refractivity (Wildman–Crippen MR) is 117 cm³/mol. The Hall–Kier alpha value is -3.17. The van der Waals surface area contributed by atoms with Crippen molar-refractivity contribution < 1.29 is 9.47 Å². The maximum absolute atomic E-state index is 9.82. The third-order valence-electron chi connectivity index (χ3n) is 5.71. The summed E-state index contributed by atoms with van der Waals surface area (Å²) in [4.78, 5) is 1.17. The largest absolute Gasteiger partial charge is 0.490 e. The minimum absolute atomic E-state index is 0.261. The molecule has 0 spiro atoms. The Morgan fingerprint density at radius 2 is 1.77 bits per heavy atom. The van der Waals surface area contributed by atoms with E-state index in [-0.39, 0.29) is 5.49 Å². The van der Waals surface area contributed by atoms with Gasteiger partial charge in [0.25, 0.3) is 0 Å². The van der Waals surface area contributed by atoms with E-state index in [0.29, 0.717) is 25.3 Å². The average molecular weight is 416 g/mol. The molecule has 0 atom stereocenters. The van der Waals surface area contributed by atoms with Crippen LogP contribution in [0, 0.1) is 16.7 Å². The van der Waals surface area contributed by atoms with Crippen molar-refractivity contribution in [1.29, 1.82) is 10.7 Å². The molecule has 2 aliphatic rings. The van der Waals surface area contributed by atoms with Gasteiger partial charge in [0.05, 0.1) is 18.9 Å². The monoisotopic (exact) mass is 415 g/mol. The van der Waals surface area contributed by atoms with Crippen LogP contribution in [0.15, 0.2) is 47.4 Å². The standard InChI is InChI=1S/C24H21N3O2S/c1-30-17-5-3-15(4-6-17)18-12-21-19-13-23-22(28-9-2-10-29-23)11-16(19)7-8-27(21)24(26)20(18)14-25/h3-6,11-13,26H,2,7-10H2,1H3. The Morgan fingerprint density at radius 3 is 2.47 bits per heavy atom. The highest BCUT2D eigenvalue weighted by Gasteiger charge is 2.24. The molecule has 30 heavy (non-hydrogen) atoms. The van der Waals surface area contributed by atoms with Crippen LogP contribution in [0.3, 0.4) is 0 Å². The fourth-order valence-electron chi connectivity index (χ4n) is 4.16. The van der Waals surface area contributed by atoms with Gasteiger partial charge in [0.1, 0.15) is 17.1 Å². The molecule has 1 aromatic heterocycles. The number of rotatable bonds is 2. The van der Waals surface area contributed by atoms with Gasteiger partial charge in [-0.1, -0.05) is 12.1 Å². The van der Waals surface area contributed by atoms with E-state index in [9.17, 15) is 5.26 Å². The summed E-state index contributed by atoms with van der Waals surface area (Å²) in [7, 11) is 0. The maximum atomic E-state index is 9.82. The second-order valence-electron chi connectivity index (χ2n) is 7.42. The van der Waals surface area contributed by atoms with Crippen LogP contribution in [0.4, 0.5) is 0 Å². The van der Waals surface area contributed by atoms with E-state index >= 15 is 0 Å². The lowest BCUT2D eigenvalue weighted by molar-refractivity contribution is 0.297. The van der Waals surface area contributed by atoms with Gasteiger partial charge in [-0.05, 0) is 54.1 Å². The zero-order valence-corrected chi connectivity index (χ0v) is 17.5. The van der Waals surface area contributed by atoms with E-state index in [1.807, 2.05) is 35.1 Å². The lowest BCUT2D eigenvalue weighted by Gasteiger charge is -2.25. The lowest BCUT2D eigenvalue weighted by atomic mass is 9.92. The molecule has 0 radical (unpaired) electrons. The first-order valence-corrected chi connectivity index (χ1v) is 11.2. The van der Waals surface area contributed by atoms with Crippen molar-refractivity contribution >= 4 is 11.8 Å². The Balaban J connectivity index is 1.72. The molecule has 2 aromatic carbocycles. The van der Waals surface area contributed by atoms with E-state index in [2.05, 4.69) is 24.3 Å². The molecule has 6 heteroatoms. The van der Waals surface area contributed by atoms with Gasteiger partial charge in [-0.15, -0.1) is 11.8 Å². The number of pyridine rings is 1. The molecule has 2 aliphatic heterocycles. The number of fused-ring (bicyclic) bond motifs is 4. The van der Waals surface area contributed by atoms with E-state index in [1.54, 1.807) is 11.8 Å². The predicted octanol–water partition coefficient (Wildman–Crippen LogP) is 4.61. The second kappa shape index (κ2) is 7.58. The molecule has 0 unspecified atom stereocenters. The Labute approximate surface area is 179 Å². The molecule has 0 amide bonds. The van der Waals surface area contributed by atoms with Crippen LogP contribution in [0.5, 0.6) is 11.5 Å². The summed E-state index contributed by atoms with van der Waals surface area (Å²) in [5.74, 6) is 1.55. The first-order valence-electron chi connectivity index (χ1n) is 9.99. The van der Waals surface area contributed by atoms with Crippen molar-refractivity contribution in [3.05, 3.63) is 59.1 Å². The SMILES string of the molecule is CSc1ccc(-c2cc3n(c(=N)c2C#N)CCc2cc4c(cc2-3)OCCCO4)cc1. The number of hydrogen-bond acceptors (Lipinski definition) is 5. The topological polar surface area (TPSA) is 71.0 Å². The first kappa shape index (κ1) is 18.8. The zero-order chi connectivity index (χ0) is 20.7. The van der Waals surface area contributed by atoms with Gasteiger partial charge in [-0.2, -0.15) is 5.26 Å². The zero-order valence-electron chi connectivity index (χ0n) is 16.7. The number of hydrogen-bond donors (Lipinski definition) is 1. The molecular weight excluding hydrogens is 394 g/mol. The van der Waals surface area contributed by atoms with Crippen molar-refractivity contribution in [3.8, 4) is 40.0 Å². The molecular formula is C24H21N3O2S. The van der Waals surface area contributed by atoms with Crippen molar-refractivity contribution in [2.24, 2.45) is 0 Å². The van der Waals surface area contributed by atoms with E-state index in [4.69, 9.17) is 14.9 Å². The number of aromatic nitrogens is 1. The third kappa shape index (κ3) is 3.06. The minimum Gasteiger partial charge on any atom is -0.490 e. The van der Waals surface area contributed by atoms with E-state index < -0.39 is 0 Å². The molecule has 0 saturated heterocycles. The highest BCUT2D eigenvalue weighted by atomic mass is 32.2. The van der Waals surface area contributed by atoms with Crippen LogP contribution >= 0.6 is 11.8 Å². The highest BCUT2D eigenvalue weighted by Crippen LogP contribution is 2.40. The van der Waals surface area contributed by atoms with Crippen LogP contribution in [0.25, 0.3) is 22.4 Å². The first-order chi connectivity index (χ1) is 14.7. The van der Waals surface area contributed by atoms with Gasteiger partial charge in [0.2, 0.25) is 0 Å². The van der Waals surface area contributed by atoms with Crippen LogP contribution in [0.1, 0.15) is 17.5 Å². The Morgan fingerprint density at radius 1 is 1.03 bits per heavy atom. The van der Waals surface area contributed by atoms with Crippen molar-refractivity contribution in [1.82, 2.24) is 4.57 Å². The number of aryl methyl sites for hydroxylation is 1. The lowest BCUT2D eigenvalue weighted by Crippen LogP contribution is -2.28. The number of nitrogens with zero attached hydrogens (tertiary/aromatic N) is 2. The highest BCUT2D eigenvalue weighted by molar-refractivity contribution is 7.98. The van der Waals surface area contributed by atoms with Crippen LogP contribution in [0.2, 0.25) is 0 Å². The fourth-order valence-corrected chi connectivity index (χ4v) is 4.57. The van der Waals surface area contributed by atoms with Crippen LogP contribution < -0.4 is 15.0 Å². The average Bonchev–Trinajstić information content (AvgIpc) is 3.02. The quantitative estimate of drug-likeness (QED) is 0.621. The fraction of sp³-hybridized carbons (Fsp3) is 0.250.